The van der Waals surface area contributed by atoms with Gasteiger partial charge in [-0.05, 0) is 45.4 Å². The molecular formula is C17H26FN3O4S. The van der Waals surface area contributed by atoms with E-state index in [-0.39, 0.29) is 37.1 Å². The normalized spacial score (nSPS) is 19.5. The molecule has 7 nitrogen and oxygen atoms in total. The van der Waals surface area contributed by atoms with Crippen molar-refractivity contribution in [3.05, 3.63) is 29.6 Å². The number of amides is 1. The van der Waals surface area contributed by atoms with Crippen molar-refractivity contribution < 1.29 is 22.3 Å². The molecule has 0 spiro atoms. The average Bonchev–Trinajstić information content (AvgIpc) is 2.52. The number of benzene rings is 1. The van der Waals surface area contributed by atoms with Crippen molar-refractivity contribution in [1.29, 1.82) is 0 Å². The smallest absolute Gasteiger partial charge is 0.410 e. The van der Waals surface area contributed by atoms with Crippen LogP contribution in [0.25, 0.3) is 0 Å². The van der Waals surface area contributed by atoms with E-state index in [1.165, 1.54) is 21.3 Å². The van der Waals surface area contributed by atoms with Crippen LogP contribution in [0.3, 0.4) is 0 Å². The third-order valence-electron chi connectivity index (χ3n) is 4.09. The summed E-state index contributed by atoms with van der Waals surface area (Å²) in [6, 6.07) is 3.18. The Morgan fingerprint density at radius 3 is 2.54 bits per heavy atom. The molecule has 0 aromatic heterocycles. The lowest BCUT2D eigenvalue weighted by molar-refractivity contribution is 0.00858. The summed E-state index contributed by atoms with van der Waals surface area (Å²) in [5, 5.41) is 0. The van der Waals surface area contributed by atoms with Crippen molar-refractivity contribution in [2.24, 2.45) is 5.73 Å². The fraction of sp³-hybridized carbons (Fsp3) is 0.588. The molecule has 1 aromatic rings. The monoisotopic (exact) mass is 387 g/mol. The van der Waals surface area contributed by atoms with Gasteiger partial charge in [0.2, 0.25) is 10.0 Å². The standard InChI is InChI=1S/C17H26FN3O4S/c1-12-11-20(7-8-21(12)16(22)25-17(2,3)4)26(23,24)15-9-14(18)6-5-13(15)10-19/h5-6,9,12H,7-8,10-11,19H2,1-4H3/t12-/m1/s1. The maximum Gasteiger partial charge on any atom is 0.410 e. The molecule has 146 valence electrons. The molecule has 0 saturated carbocycles. The Morgan fingerprint density at radius 2 is 2.00 bits per heavy atom. The largest absolute Gasteiger partial charge is 0.444 e. The number of rotatable bonds is 3. The number of halogens is 1. The third kappa shape index (κ3) is 4.52. The Balaban J connectivity index is 2.20. The minimum Gasteiger partial charge on any atom is -0.444 e. The van der Waals surface area contributed by atoms with Crippen molar-refractivity contribution in [3.63, 3.8) is 0 Å². The second-order valence-corrected chi connectivity index (χ2v) is 9.25. The molecule has 0 aliphatic carbocycles. The predicted octanol–water partition coefficient (Wildman–Crippen LogP) is 1.91. The van der Waals surface area contributed by atoms with Crippen LogP contribution >= 0.6 is 0 Å². The van der Waals surface area contributed by atoms with Gasteiger partial charge in [-0.2, -0.15) is 4.31 Å². The van der Waals surface area contributed by atoms with Gasteiger partial charge in [-0.3, -0.25) is 0 Å². The van der Waals surface area contributed by atoms with Crippen LogP contribution in [0.15, 0.2) is 23.1 Å². The van der Waals surface area contributed by atoms with Crippen LogP contribution < -0.4 is 5.73 Å². The van der Waals surface area contributed by atoms with Gasteiger partial charge in [-0.15, -0.1) is 0 Å². The van der Waals surface area contributed by atoms with Gasteiger partial charge in [-0.25, -0.2) is 17.6 Å². The van der Waals surface area contributed by atoms with Crippen LogP contribution in [0.1, 0.15) is 33.3 Å². The van der Waals surface area contributed by atoms with E-state index in [0.29, 0.717) is 5.56 Å². The molecule has 2 N–H and O–H groups in total. The molecule has 1 aromatic carbocycles. The maximum atomic E-state index is 13.6. The summed E-state index contributed by atoms with van der Waals surface area (Å²) in [4.78, 5) is 13.6. The van der Waals surface area contributed by atoms with Crippen LogP contribution in [0, 0.1) is 5.82 Å². The Bertz CT molecular complexity index is 777. The predicted molar refractivity (Wildman–Crippen MR) is 95.5 cm³/mol. The molecule has 1 aliphatic heterocycles. The number of nitrogens with zero attached hydrogens (tertiary/aromatic N) is 2. The number of carbonyl (C=O) groups excluding carboxylic acids is 1. The maximum absolute atomic E-state index is 13.6. The van der Waals surface area contributed by atoms with Gasteiger partial charge in [0.15, 0.2) is 0 Å². The highest BCUT2D eigenvalue weighted by atomic mass is 32.2. The van der Waals surface area contributed by atoms with Crippen molar-refractivity contribution in [3.8, 4) is 0 Å². The number of nitrogens with two attached hydrogens (primary N) is 1. The first-order valence-electron chi connectivity index (χ1n) is 8.44. The van der Waals surface area contributed by atoms with Gasteiger partial charge in [-0.1, -0.05) is 6.07 Å². The number of hydrogen-bond acceptors (Lipinski definition) is 5. The second-order valence-electron chi connectivity index (χ2n) is 7.34. The van der Waals surface area contributed by atoms with Crippen molar-refractivity contribution in [2.45, 2.75) is 50.8 Å². The molecular weight excluding hydrogens is 361 g/mol. The van der Waals surface area contributed by atoms with E-state index in [1.807, 2.05) is 0 Å². The number of piperazine rings is 1. The van der Waals surface area contributed by atoms with Gasteiger partial charge in [0.25, 0.3) is 0 Å². The molecule has 1 heterocycles. The van der Waals surface area contributed by atoms with Gasteiger partial charge in [0.05, 0.1) is 4.90 Å². The summed E-state index contributed by atoms with van der Waals surface area (Å²) < 4.78 is 46.1. The van der Waals surface area contributed by atoms with Gasteiger partial charge < -0.3 is 15.4 Å². The highest BCUT2D eigenvalue weighted by Gasteiger charge is 2.36. The van der Waals surface area contributed by atoms with Crippen molar-refractivity contribution >= 4 is 16.1 Å². The van der Waals surface area contributed by atoms with Crippen LogP contribution in [0.5, 0.6) is 0 Å². The molecule has 9 heteroatoms. The summed E-state index contributed by atoms with van der Waals surface area (Å²) in [5.74, 6) is -0.638. The molecule has 26 heavy (non-hydrogen) atoms. The highest BCUT2D eigenvalue weighted by Crippen LogP contribution is 2.25. The van der Waals surface area contributed by atoms with E-state index in [0.717, 1.165) is 6.07 Å². The minimum absolute atomic E-state index is 0.0116. The zero-order valence-corrected chi connectivity index (χ0v) is 16.3. The molecule has 1 saturated heterocycles. The first-order chi connectivity index (χ1) is 12.0. The number of sulfonamides is 1. The molecule has 1 amide bonds. The van der Waals surface area contributed by atoms with Crippen LogP contribution in [0.2, 0.25) is 0 Å². The Hall–Kier alpha value is -1.71. The minimum atomic E-state index is -3.91. The van der Waals surface area contributed by atoms with Crippen LogP contribution in [0.4, 0.5) is 9.18 Å². The fourth-order valence-electron chi connectivity index (χ4n) is 2.81. The molecule has 1 fully saturated rings. The summed E-state index contributed by atoms with van der Waals surface area (Å²) in [7, 11) is -3.91. The molecule has 0 radical (unpaired) electrons. The van der Waals surface area contributed by atoms with Crippen LogP contribution in [-0.4, -0.2) is 55.0 Å². The van der Waals surface area contributed by atoms with E-state index >= 15 is 0 Å². The zero-order valence-electron chi connectivity index (χ0n) is 15.5. The van der Waals surface area contributed by atoms with Gasteiger partial charge in [0, 0.05) is 32.2 Å². The highest BCUT2D eigenvalue weighted by molar-refractivity contribution is 7.89. The number of carbonyl (C=O) groups is 1. The van der Waals surface area contributed by atoms with Gasteiger partial charge >= 0.3 is 6.09 Å². The zero-order chi connectivity index (χ0) is 19.7. The molecule has 1 atom stereocenters. The van der Waals surface area contributed by atoms with E-state index in [9.17, 15) is 17.6 Å². The summed E-state index contributed by atoms with van der Waals surface area (Å²) in [5.41, 5.74) is 5.33. The lowest BCUT2D eigenvalue weighted by Crippen LogP contribution is -2.56. The molecule has 2 rings (SSSR count). The van der Waals surface area contributed by atoms with E-state index in [2.05, 4.69) is 0 Å². The molecule has 0 unspecified atom stereocenters. The quantitative estimate of drug-likeness (QED) is 0.855. The van der Waals surface area contributed by atoms with E-state index in [1.54, 1.807) is 27.7 Å². The van der Waals surface area contributed by atoms with E-state index in [4.69, 9.17) is 10.5 Å². The Kier molecular flexibility index (Phi) is 5.94. The number of hydrogen-bond donors (Lipinski definition) is 1. The lowest BCUT2D eigenvalue weighted by atomic mass is 10.2. The Morgan fingerprint density at radius 1 is 1.35 bits per heavy atom. The SMILES string of the molecule is C[C@@H]1CN(S(=O)(=O)c2cc(F)ccc2CN)CCN1C(=O)OC(C)(C)C. The average molecular weight is 387 g/mol. The van der Waals surface area contributed by atoms with Crippen LogP contribution in [-0.2, 0) is 21.3 Å². The second kappa shape index (κ2) is 7.50. The fourth-order valence-corrected chi connectivity index (χ4v) is 4.57. The van der Waals surface area contributed by atoms with E-state index < -0.39 is 27.5 Å². The molecule has 0 bridgehead atoms. The van der Waals surface area contributed by atoms with Gasteiger partial charge in [0.1, 0.15) is 11.4 Å². The number of ether oxygens (including phenoxy) is 1. The van der Waals surface area contributed by atoms with Crippen molar-refractivity contribution in [1.82, 2.24) is 9.21 Å². The summed E-state index contributed by atoms with van der Waals surface area (Å²) in [6.07, 6.45) is -0.476. The summed E-state index contributed by atoms with van der Waals surface area (Å²) in [6.45, 7) is 7.46. The molecule has 1 aliphatic rings. The Labute approximate surface area is 154 Å². The van der Waals surface area contributed by atoms with Crippen molar-refractivity contribution in [2.75, 3.05) is 19.6 Å². The topological polar surface area (TPSA) is 92.9 Å². The summed E-state index contributed by atoms with van der Waals surface area (Å²) >= 11 is 0. The first-order valence-corrected chi connectivity index (χ1v) is 9.88. The third-order valence-corrected chi connectivity index (χ3v) is 6.03. The lowest BCUT2D eigenvalue weighted by Gasteiger charge is -2.39. The first kappa shape index (κ1) is 20.6.